The average molecular weight is 408 g/mol. The predicted molar refractivity (Wildman–Crippen MR) is 104 cm³/mol. The summed E-state index contributed by atoms with van der Waals surface area (Å²) in [6.45, 7) is 0.0611. The molecule has 30 heavy (non-hydrogen) atoms. The molecule has 1 amide bonds. The number of esters is 2. The van der Waals surface area contributed by atoms with Gasteiger partial charge in [0.25, 0.3) is 0 Å². The molecule has 154 valence electrons. The third-order valence-electron chi connectivity index (χ3n) is 5.18. The van der Waals surface area contributed by atoms with Crippen LogP contribution in [0.4, 0.5) is 4.79 Å². The van der Waals surface area contributed by atoms with Crippen LogP contribution < -0.4 is 0 Å². The molecule has 4 rings (SSSR count). The fourth-order valence-corrected chi connectivity index (χ4v) is 3.89. The SMILES string of the molecule is COC(=O)C1=C(C(=O)OC)N2C(=O)OC[C@@H](c3ccccc3)N2[C@H]1c1ccccc1. The molecule has 0 radical (unpaired) electrons. The molecule has 0 aliphatic carbocycles. The van der Waals surface area contributed by atoms with E-state index in [1.54, 1.807) is 5.01 Å². The Hall–Kier alpha value is -3.65. The Labute approximate surface area is 173 Å². The lowest BCUT2D eigenvalue weighted by Crippen LogP contribution is -2.52. The topological polar surface area (TPSA) is 85.4 Å². The van der Waals surface area contributed by atoms with Gasteiger partial charge in [0.1, 0.15) is 6.61 Å². The molecular formula is C22H20N2O6. The van der Waals surface area contributed by atoms with E-state index in [-0.39, 0.29) is 17.9 Å². The van der Waals surface area contributed by atoms with Crippen molar-refractivity contribution in [1.82, 2.24) is 10.0 Å². The lowest BCUT2D eigenvalue weighted by atomic mass is 9.95. The maximum atomic E-state index is 12.8. The van der Waals surface area contributed by atoms with Gasteiger partial charge >= 0.3 is 18.0 Å². The minimum absolute atomic E-state index is 0.0235. The van der Waals surface area contributed by atoms with Crippen molar-refractivity contribution in [3.63, 3.8) is 0 Å². The van der Waals surface area contributed by atoms with Gasteiger partial charge in [-0.15, -0.1) is 0 Å². The van der Waals surface area contributed by atoms with Crippen LogP contribution in [-0.4, -0.2) is 48.9 Å². The number of fused-ring (bicyclic) bond motifs is 1. The first-order chi connectivity index (χ1) is 14.6. The number of amides is 1. The van der Waals surface area contributed by atoms with Gasteiger partial charge in [0.2, 0.25) is 0 Å². The third kappa shape index (κ3) is 3.11. The molecule has 1 saturated heterocycles. The summed E-state index contributed by atoms with van der Waals surface area (Å²) in [4.78, 5) is 38.3. The maximum absolute atomic E-state index is 12.8. The van der Waals surface area contributed by atoms with Crippen molar-refractivity contribution in [3.8, 4) is 0 Å². The maximum Gasteiger partial charge on any atom is 0.429 e. The Bertz CT molecular complexity index is 1000. The van der Waals surface area contributed by atoms with Crippen LogP contribution in [0.2, 0.25) is 0 Å². The lowest BCUT2D eigenvalue weighted by molar-refractivity contribution is -0.143. The summed E-state index contributed by atoms with van der Waals surface area (Å²) in [6, 6.07) is 17.4. The number of cyclic esters (lactones) is 1. The van der Waals surface area contributed by atoms with Crippen molar-refractivity contribution >= 4 is 18.0 Å². The standard InChI is InChI=1S/C22H20N2O6/c1-28-20(25)17-18(15-11-7-4-8-12-15)23-16(14-9-5-3-6-10-14)13-30-22(27)24(23)19(17)21(26)29-2/h3-12,16,18H,13H2,1-2H3/t16-,18-/m0/s1. The normalized spacial score (nSPS) is 21.1. The molecule has 2 atom stereocenters. The van der Waals surface area contributed by atoms with Gasteiger partial charge in [-0.25, -0.2) is 14.4 Å². The zero-order valence-electron chi connectivity index (χ0n) is 16.5. The second-order valence-electron chi connectivity index (χ2n) is 6.75. The Morgan fingerprint density at radius 2 is 1.47 bits per heavy atom. The fourth-order valence-electron chi connectivity index (χ4n) is 3.89. The first-order valence-electron chi connectivity index (χ1n) is 9.34. The molecule has 0 saturated carbocycles. The van der Waals surface area contributed by atoms with Crippen LogP contribution >= 0.6 is 0 Å². The molecule has 2 aliphatic rings. The van der Waals surface area contributed by atoms with Gasteiger partial charge in [0.15, 0.2) is 5.70 Å². The van der Waals surface area contributed by atoms with E-state index in [9.17, 15) is 14.4 Å². The van der Waals surface area contributed by atoms with E-state index >= 15 is 0 Å². The number of methoxy groups -OCH3 is 2. The highest BCUT2D eigenvalue weighted by Gasteiger charge is 2.54. The molecule has 0 bridgehead atoms. The molecule has 2 aromatic carbocycles. The third-order valence-corrected chi connectivity index (χ3v) is 5.18. The molecule has 8 nitrogen and oxygen atoms in total. The smallest absolute Gasteiger partial charge is 0.429 e. The highest BCUT2D eigenvalue weighted by atomic mass is 16.6. The number of rotatable bonds is 4. The van der Waals surface area contributed by atoms with Crippen LogP contribution in [0, 0.1) is 0 Å². The first kappa shape index (κ1) is 19.7. The minimum atomic E-state index is -0.829. The van der Waals surface area contributed by atoms with E-state index in [4.69, 9.17) is 14.2 Å². The van der Waals surface area contributed by atoms with Crippen LogP contribution in [0.25, 0.3) is 0 Å². The predicted octanol–water partition coefficient (Wildman–Crippen LogP) is 2.75. The van der Waals surface area contributed by atoms with E-state index in [0.717, 1.165) is 16.1 Å². The number of ether oxygens (including phenoxy) is 3. The number of hydrogen-bond acceptors (Lipinski definition) is 7. The molecular weight excluding hydrogens is 388 g/mol. The summed E-state index contributed by atoms with van der Waals surface area (Å²) < 4.78 is 15.3. The number of benzene rings is 2. The van der Waals surface area contributed by atoms with E-state index in [1.807, 2.05) is 60.7 Å². The lowest BCUT2D eigenvalue weighted by Gasteiger charge is -2.42. The number of hydrogen-bond donors (Lipinski definition) is 0. The summed E-state index contributed by atoms with van der Waals surface area (Å²) in [5, 5.41) is 2.78. The van der Waals surface area contributed by atoms with Crippen LogP contribution in [0.5, 0.6) is 0 Å². The zero-order valence-corrected chi connectivity index (χ0v) is 16.5. The quantitative estimate of drug-likeness (QED) is 0.568. The van der Waals surface area contributed by atoms with Crippen LogP contribution in [-0.2, 0) is 23.8 Å². The van der Waals surface area contributed by atoms with Gasteiger partial charge in [-0.05, 0) is 11.1 Å². The summed E-state index contributed by atoms with van der Waals surface area (Å²) in [5.41, 5.74) is 1.41. The second-order valence-corrected chi connectivity index (χ2v) is 6.75. The van der Waals surface area contributed by atoms with Gasteiger partial charge in [0.05, 0.1) is 31.9 Å². The first-order valence-corrected chi connectivity index (χ1v) is 9.34. The number of carbonyl (C=O) groups is 3. The number of nitrogens with zero attached hydrogens (tertiary/aromatic N) is 2. The summed E-state index contributed by atoms with van der Waals surface area (Å²) in [7, 11) is 2.42. The molecule has 0 N–H and O–H groups in total. The summed E-state index contributed by atoms with van der Waals surface area (Å²) >= 11 is 0. The highest BCUT2D eigenvalue weighted by molar-refractivity contribution is 6.04. The van der Waals surface area contributed by atoms with Crippen molar-refractivity contribution in [3.05, 3.63) is 83.1 Å². The van der Waals surface area contributed by atoms with Crippen molar-refractivity contribution in [1.29, 1.82) is 0 Å². The van der Waals surface area contributed by atoms with Gasteiger partial charge in [-0.3, -0.25) is 0 Å². The Kier molecular flexibility index (Phi) is 5.24. The van der Waals surface area contributed by atoms with Crippen molar-refractivity contribution < 1.29 is 28.6 Å². The molecule has 2 aliphatic heterocycles. The zero-order chi connectivity index (χ0) is 21.3. The van der Waals surface area contributed by atoms with Crippen molar-refractivity contribution in [2.75, 3.05) is 20.8 Å². The van der Waals surface area contributed by atoms with Gasteiger partial charge in [0, 0.05) is 0 Å². The van der Waals surface area contributed by atoms with Gasteiger partial charge < -0.3 is 14.2 Å². The summed E-state index contributed by atoms with van der Waals surface area (Å²) in [6.07, 6.45) is -0.762. The molecule has 0 aromatic heterocycles. The Morgan fingerprint density at radius 1 is 0.900 bits per heavy atom. The van der Waals surface area contributed by atoms with E-state index in [1.165, 1.54) is 14.2 Å². The monoisotopic (exact) mass is 408 g/mol. The second kappa shape index (κ2) is 8.00. The molecule has 0 unspecified atom stereocenters. The largest absolute Gasteiger partial charge is 0.466 e. The van der Waals surface area contributed by atoms with Gasteiger partial charge in [-0.2, -0.15) is 10.0 Å². The number of hydrazine groups is 1. The fraction of sp³-hybridized carbons (Fsp3) is 0.227. The number of carbonyl (C=O) groups excluding carboxylic acids is 3. The summed E-state index contributed by atoms with van der Waals surface area (Å²) in [5.74, 6) is -1.55. The average Bonchev–Trinajstić information content (AvgIpc) is 3.16. The van der Waals surface area contributed by atoms with Crippen LogP contribution in [0.1, 0.15) is 23.2 Å². The molecule has 8 heteroatoms. The van der Waals surface area contributed by atoms with E-state index in [0.29, 0.717) is 0 Å². The Balaban J connectivity index is 1.96. The van der Waals surface area contributed by atoms with E-state index in [2.05, 4.69) is 0 Å². The Morgan fingerprint density at radius 3 is 2.03 bits per heavy atom. The molecule has 2 aromatic rings. The minimum Gasteiger partial charge on any atom is -0.466 e. The molecule has 1 fully saturated rings. The molecule has 0 spiro atoms. The van der Waals surface area contributed by atoms with Crippen molar-refractivity contribution in [2.24, 2.45) is 0 Å². The van der Waals surface area contributed by atoms with Gasteiger partial charge in [-0.1, -0.05) is 60.7 Å². The van der Waals surface area contributed by atoms with E-state index < -0.39 is 30.1 Å². The molecule has 2 heterocycles. The van der Waals surface area contributed by atoms with Crippen LogP contribution in [0.15, 0.2) is 71.9 Å². The van der Waals surface area contributed by atoms with Crippen molar-refractivity contribution in [2.45, 2.75) is 12.1 Å². The highest BCUT2D eigenvalue weighted by Crippen LogP contribution is 2.48. The van der Waals surface area contributed by atoms with Crippen LogP contribution in [0.3, 0.4) is 0 Å².